The lowest BCUT2D eigenvalue weighted by molar-refractivity contribution is -0.123. The maximum Gasteiger partial charge on any atom is 0.262 e. The van der Waals surface area contributed by atoms with E-state index in [0.717, 1.165) is 5.56 Å². The minimum Gasteiger partial charge on any atom is -0.497 e. The largest absolute Gasteiger partial charge is 0.497 e. The van der Waals surface area contributed by atoms with Crippen molar-refractivity contribution in [3.63, 3.8) is 0 Å². The molecule has 0 heterocycles. The molecule has 0 radical (unpaired) electrons. The fourth-order valence-electron chi connectivity index (χ4n) is 3.20. The molecule has 0 saturated carbocycles. The van der Waals surface area contributed by atoms with Crippen molar-refractivity contribution in [2.24, 2.45) is 11.0 Å². The number of hydrazone groups is 1. The van der Waals surface area contributed by atoms with E-state index in [1.54, 1.807) is 31.4 Å². The summed E-state index contributed by atoms with van der Waals surface area (Å²) in [6.45, 7) is 4.06. The van der Waals surface area contributed by atoms with E-state index in [-0.39, 0.29) is 11.8 Å². The average Bonchev–Trinajstić information content (AvgIpc) is 2.87. The van der Waals surface area contributed by atoms with Crippen molar-refractivity contribution in [2.75, 3.05) is 7.11 Å². The predicted molar refractivity (Wildman–Crippen MR) is 137 cm³/mol. The van der Waals surface area contributed by atoms with Crippen LogP contribution in [-0.4, -0.2) is 31.2 Å². The molecule has 35 heavy (non-hydrogen) atoms. The number of carbonyl (C=O) groups excluding carboxylic acids is 2. The van der Waals surface area contributed by atoms with E-state index < -0.39 is 11.9 Å². The molecule has 0 aliphatic rings. The van der Waals surface area contributed by atoms with Crippen LogP contribution in [0.15, 0.2) is 77.9 Å². The highest BCUT2D eigenvalue weighted by Crippen LogP contribution is 2.18. The smallest absolute Gasteiger partial charge is 0.262 e. The first-order valence-corrected chi connectivity index (χ1v) is 11.5. The number of para-hydroxylation sites is 1. The maximum absolute atomic E-state index is 12.8. The number of nitrogens with one attached hydrogen (secondary N) is 2. The van der Waals surface area contributed by atoms with Crippen LogP contribution in [0.2, 0.25) is 5.02 Å². The first-order valence-electron chi connectivity index (χ1n) is 11.1. The summed E-state index contributed by atoms with van der Waals surface area (Å²) in [5, 5.41) is 7.52. The summed E-state index contributed by atoms with van der Waals surface area (Å²) in [4.78, 5) is 25.4. The summed E-state index contributed by atoms with van der Waals surface area (Å²) in [6.07, 6.45) is 1.51. The van der Waals surface area contributed by atoms with E-state index in [9.17, 15) is 9.59 Å². The minimum atomic E-state index is -0.766. The standard InChI is InChI=1S/C27H28ClN3O4/c1-18(2)25(30-26(32)20-10-14-23(34-3)15-11-20)27(33)31-29-16-21-6-4-5-7-24(21)35-17-19-8-12-22(28)13-9-19/h4-16,18,25H,17H2,1-3H3,(H,30,32)(H,31,33)/b29-16+. The molecule has 8 heteroatoms. The molecular formula is C27H28ClN3O4. The first-order chi connectivity index (χ1) is 16.9. The zero-order valence-corrected chi connectivity index (χ0v) is 20.6. The predicted octanol–water partition coefficient (Wildman–Crippen LogP) is 4.83. The van der Waals surface area contributed by atoms with Crippen LogP contribution in [0.4, 0.5) is 0 Å². The van der Waals surface area contributed by atoms with Crippen LogP contribution in [-0.2, 0) is 11.4 Å². The van der Waals surface area contributed by atoms with Gasteiger partial charge in [0, 0.05) is 16.1 Å². The summed E-state index contributed by atoms with van der Waals surface area (Å²) < 4.78 is 11.0. The van der Waals surface area contributed by atoms with Crippen LogP contribution in [0.3, 0.4) is 0 Å². The number of hydrogen-bond acceptors (Lipinski definition) is 5. The van der Waals surface area contributed by atoms with Crippen LogP contribution < -0.4 is 20.2 Å². The average molecular weight is 494 g/mol. The molecule has 3 aromatic carbocycles. The van der Waals surface area contributed by atoms with Gasteiger partial charge in [0.05, 0.1) is 13.3 Å². The molecule has 0 bridgehead atoms. The molecule has 1 unspecified atom stereocenters. The van der Waals surface area contributed by atoms with Crippen molar-refractivity contribution in [1.82, 2.24) is 10.7 Å². The lowest BCUT2D eigenvalue weighted by Crippen LogP contribution is -2.48. The van der Waals surface area contributed by atoms with Crippen molar-refractivity contribution in [3.05, 3.63) is 94.5 Å². The Morgan fingerprint density at radius 2 is 1.69 bits per heavy atom. The van der Waals surface area contributed by atoms with Crippen LogP contribution in [0.5, 0.6) is 11.5 Å². The van der Waals surface area contributed by atoms with Gasteiger partial charge in [0.1, 0.15) is 24.1 Å². The summed E-state index contributed by atoms with van der Waals surface area (Å²) >= 11 is 5.93. The molecule has 1 atom stereocenters. The van der Waals surface area contributed by atoms with Crippen molar-refractivity contribution in [3.8, 4) is 11.5 Å². The van der Waals surface area contributed by atoms with Crippen LogP contribution in [0.25, 0.3) is 0 Å². The zero-order chi connectivity index (χ0) is 25.2. The van der Waals surface area contributed by atoms with E-state index in [0.29, 0.717) is 34.3 Å². The van der Waals surface area contributed by atoms with Crippen LogP contribution in [0, 0.1) is 5.92 Å². The highest BCUT2D eigenvalue weighted by Gasteiger charge is 2.24. The number of benzene rings is 3. The number of carbonyl (C=O) groups is 2. The number of halogens is 1. The SMILES string of the molecule is COc1ccc(C(=O)NC(C(=O)N/N=C/c2ccccc2OCc2ccc(Cl)cc2)C(C)C)cc1. The molecular weight excluding hydrogens is 466 g/mol. The van der Waals surface area contributed by atoms with Gasteiger partial charge in [-0.3, -0.25) is 9.59 Å². The molecule has 0 fully saturated rings. The Balaban J connectivity index is 1.61. The van der Waals surface area contributed by atoms with Gasteiger partial charge in [-0.25, -0.2) is 5.43 Å². The highest BCUT2D eigenvalue weighted by molar-refractivity contribution is 6.30. The van der Waals surface area contributed by atoms with Gasteiger partial charge in [0.15, 0.2) is 0 Å². The molecule has 0 spiro atoms. The number of ether oxygens (including phenoxy) is 2. The fraction of sp³-hybridized carbons (Fsp3) is 0.222. The molecule has 0 aromatic heterocycles. The van der Waals surface area contributed by atoms with Gasteiger partial charge in [0.25, 0.3) is 11.8 Å². The van der Waals surface area contributed by atoms with Gasteiger partial charge in [-0.1, -0.05) is 49.7 Å². The third kappa shape index (κ3) is 7.58. The minimum absolute atomic E-state index is 0.151. The second kappa shape index (κ2) is 12.6. The molecule has 0 saturated heterocycles. The molecule has 3 rings (SSSR count). The Bertz CT molecular complexity index is 1160. The topological polar surface area (TPSA) is 89.0 Å². The molecule has 2 N–H and O–H groups in total. The number of methoxy groups -OCH3 is 1. The number of hydrogen-bond donors (Lipinski definition) is 2. The van der Waals surface area contributed by atoms with Gasteiger partial charge in [0.2, 0.25) is 0 Å². The van der Waals surface area contributed by atoms with Gasteiger partial charge >= 0.3 is 0 Å². The van der Waals surface area contributed by atoms with Gasteiger partial charge in [-0.05, 0) is 60.0 Å². The molecule has 2 amide bonds. The van der Waals surface area contributed by atoms with Crippen molar-refractivity contribution in [2.45, 2.75) is 26.5 Å². The lowest BCUT2D eigenvalue weighted by Gasteiger charge is -2.20. The Morgan fingerprint density at radius 3 is 2.34 bits per heavy atom. The molecule has 182 valence electrons. The van der Waals surface area contributed by atoms with E-state index in [2.05, 4.69) is 15.8 Å². The summed E-state index contributed by atoms with van der Waals surface area (Å²) in [7, 11) is 1.55. The van der Waals surface area contributed by atoms with E-state index in [1.165, 1.54) is 6.21 Å². The Morgan fingerprint density at radius 1 is 1.00 bits per heavy atom. The van der Waals surface area contributed by atoms with Crippen LogP contribution >= 0.6 is 11.6 Å². The Kier molecular flexibility index (Phi) is 9.26. The van der Waals surface area contributed by atoms with E-state index >= 15 is 0 Å². The van der Waals surface area contributed by atoms with Gasteiger partial charge < -0.3 is 14.8 Å². The third-order valence-electron chi connectivity index (χ3n) is 5.19. The van der Waals surface area contributed by atoms with E-state index in [1.807, 2.05) is 62.4 Å². The molecule has 0 aliphatic heterocycles. The Labute approximate surface area is 210 Å². The number of nitrogens with zero attached hydrogens (tertiary/aromatic N) is 1. The summed E-state index contributed by atoms with van der Waals surface area (Å²) in [6, 6.07) is 20.7. The van der Waals surface area contributed by atoms with E-state index in [4.69, 9.17) is 21.1 Å². The molecule has 0 aliphatic carbocycles. The Hall–Kier alpha value is -3.84. The first kappa shape index (κ1) is 25.8. The summed E-state index contributed by atoms with van der Waals surface area (Å²) in [5.74, 6) is 0.339. The van der Waals surface area contributed by atoms with Crippen molar-refractivity contribution >= 4 is 29.6 Å². The molecule has 3 aromatic rings. The quantitative estimate of drug-likeness (QED) is 0.312. The second-order valence-electron chi connectivity index (χ2n) is 8.11. The van der Waals surface area contributed by atoms with Crippen LogP contribution in [0.1, 0.15) is 35.3 Å². The van der Waals surface area contributed by atoms with Gasteiger partial charge in [-0.2, -0.15) is 5.10 Å². The number of rotatable bonds is 10. The summed E-state index contributed by atoms with van der Waals surface area (Å²) in [5.41, 5.74) is 4.62. The van der Waals surface area contributed by atoms with Crippen molar-refractivity contribution in [1.29, 1.82) is 0 Å². The molecule has 7 nitrogen and oxygen atoms in total. The monoisotopic (exact) mass is 493 g/mol. The van der Waals surface area contributed by atoms with Gasteiger partial charge in [-0.15, -0.1) is 0 Å². The zero-order valence-electron chi connectivity index (χ0n) is 19.8. The maximum atomic E-state index is 12.8. The normalized spacial score (nSPS) is 11.8. The number of amides is 2. The second-order valence-corrected chi connectivity index (χ2v) is 8.55. The third-order valence-corrected chi connectivity index (χ3v) is 5.44. The van der Waals surface area contributed by atoms with Crippen molar-refractivity contribution < 1.29 is 19.1 Å². The lowest BCUT2D eigenvalue weighted by atomic mass is 10.0. The highest BCUT2D eigenvalue weighted by atomic mass is 35.5. The fourth-order valence-corrected chi connectivity index (χ4v) is 3.32.